The van der Waals surface area contributed by atoms with Gasteiger partial charge in [-0.3, -0.25) is 0 Å². The van der Waals surface area contributed by atoms with Crippen LogP contribution in [0, 0.1) is 11.3 Å². The van der Waals surface area contributed by atoms with Crippen molar-refractivity contribution in [2.45, 2.75) is 19.8 Å². The van der Waals surface area contributed by atoms with Gasteiger partial charge < -0.3 is 10.8 Å². The van der Waals surface area contributed by atoms with E-state index in [1.54, 1.807) is 0 Å². The van der Waals surface area contributed by atoms with Crippen molar-refractivity contribution >= 4 is 0 Å². The molecule has 9 heavy (non-hydrogen) atoms. The number of aliphatic hydroxyl groups excluding tert-OH is 1. The molecule has 2 atom stereocenters. The van der Waals surface area contributed by atoms with Gasteiger partial charge in [-0.05, 0) is 18.8 Å². The van der Waals surface area contributed by atoms with Crippen LogP contribution in [0.3, 0.4) is 0 Å². The van der Waals surface area contributed by atoms with Gasteiger partial charge in [0.05, 0.1) is 6.61 Å². The van der Waals surface area contributed by atoms with E-state index in [9.17, 15) is 0 Å². The fourth-order valence-electron chi connectivity index (χ4n) is 1.44. The average Bonchev–Trinajstić information content (AvgIpc) is 1.89. The summed E-state index contributed by atoms with van der Waals surface area (Å²) in [5, 5.41) is 8.93. The molecule has 0 aromatic carbocycles. The third kappa shape index (κ3) is 0.864. The zero-order valence-electron chi connectivity index (χ0n) is 5.93. The summed E-state index contributed by atoms with van der Waals surface area (Å²) < 4.78 is 0. The highest BCUT2D eigenvalue weighted by molar-refractivity contribution is 4.93. The van der Waals surface area contributed by atoms with Crippen molar-refractivity contribution in [3.8, 4) is 0 Å². The second-order valence-electron chi connectivity index (χ2n) is 3.16. The number of nitrogens with two attached hydrogens (primary N) is 1. The van der Waals surface area contributed by atoms with Crippen molar-refractivity contribution in [3.05, 3.63) is 0 Å². The third-order valence-corrected chi connectivity index (χ3v) is 2.84. The Morgan fingerprint density at radius 3 is 2.44 bits per heavy atom. The lowest BCUT2D eigenvalue weighted by atomic mass is 9.61. The predicted octanol–water partition coefficient (Wildman–Crippen LogP) is 0.354. The maximum Gasteiger partial charge on any atom is 0.0502 e. The molecule has 1 aliphatic rings. The van der Waals surface area contributed by atoms with Crippen molar-refractivity contribution in [2.75, 3.05) is 13.2 Å². The number of rotatable bonds is 2. The fourth-order valence-corrected chi connectivity index (χ4v) is 1.44. The summed E-state index contributed by atoms with van der Waals surface area (Å²) in [4.78, 5) is 0. The van der Waals surface area contributed by atoms with Crippen molar-refractivity contribution in [1.29, 1.82) is 0 Å². The highest BCUT2D eigenvalue weighted by Gasteiger charge is 2.41. The van der Waals surface area contributed by atoms with Crippen LogP contribution < -0.4 is 5.73 Å². The maximum atomic E-state index is 8.93. The molecule has 1 saturated carbocycles. The van der Waals surface area contributed by atoms with Crippen LogP contribution in [-0.4, -0.2) is 18.3 Å². The van der Waals surface area contributed by atoms with Gasteiger partial charge in [0.1, 0.15) is 0 Å². The minimum absolute atomic E-state index is 0.0972. The number of hydrogen-bond acceptors (Lipinski definition) is 2. The summed E-state index contributed by atoms with van der Waals surface area (Å²) >= 11 is 0. The fraction of sp³-hybridized carbons (Fsp3) is 1.00. The van der Waals surface area contributed by atoms with E-state index in [2.05, 4.69) is 6.92 Å². The predicted molar refractivity (Wildman–Crippen MR) is 37.0 cm³/mol. The van der Waals surface area contributed by atoms with Gasteiger partial charge in [-0.25, -0.2) is 0 Å². The van der Waals surface area contributed by atoms with Crippen LogP contribution in [0.1, 0.15) is 19.8 Å². The van der Waals surface area contributed by atoms with Crippen LogP contribution in [0.4, 0.5) is 0 Å². The molecule has 1 rings (SSSR count). The van der Waals surface area contributed by atoms with Crippen molar-refractivity contribution in [2.24, 2.45) is 17.1 Å². The first-order valence-electron chi connectivity index (χ1n) is 3.56. The lowest BCUT2D eigenvalue weighted by Gasteiger charge is -2.46. The van der Waals surface area contributed by atoms with Crippen LogP contribution in [0.2, 0.25) is 0 Å². The second kappa shape index (κ2) is 2.27. The van der Waals surface area contributed by atoms with Gasteiger partial charge >= 0.3 is 0 Å². The van der Waals surface area contributed by atoms with Crippen LogP contribution in [0.15, 0.2) is 0 Å². The molecule has 1 aliphatic carbocycles. The smallest absolute Gasteiger partial charge is 0.0502 e. The Hall–Kier alpha value is -0.0800. The van der Waals surface area contributed by atoms with Gasteiger partial charge in [-0.2, -0.15) is 0 Å². The summed E-state index contributed by atoms with van der Waals surface area (Å²) in [5.74, 6) is 0.632. The zero-order chi connectivity index (χ0) is 6.91. The van der Waals surface area contributed by atoms with E-state index in [1.807, 2.05) is 0 Å². The third-order valence-electron chi connectivity index (χ3n) is 2.84. The lowest BCUT2D eigenvalue weighted by molar-refractivity contribution is -0.00807. The molecule has 0 aliphatic heterocycles. The highest BCUT2D eigenvalue weighted by Crippen LogP contribution is 2.44. The molecule has 0 radical (unpaired) electrons. The topological polar surface area (TPSA) is 46.2 Å². The number of hydrogen-bond donors (Lipinski definition) is 2. The van der Waals surface area contributed by atoms with Gasteiger partial charge in [0.2, 0.25) is 0 Å². The van der Waals surface area contributed by atoms with Crippen molar-refractivity contribution < 1.29 is 5.11 Å². The van der Waals surface area contributed by atoms with E-state index >= 15 is 0 Å². The Morgan fingerprint density at radius 1 is 1.78 bits per heavy atom. The SMILES string of the molecule is CC1CCC1(CN)CO. The normalized spacial score (nSPS) is 42.3. The van der Waals surface area contributed by atoms with Gasteiger partial charge in [0.25, 0.3) is 0 Å². The molecule has 0 bridgehead atoms. The highest BCUT2D eigenvalue weighted by atomic mass is 16.3. The van der Waals surface area contributed by atoms with Crippen LogP contribution in [0.25, 0.3) is 0 Å². The van der Waals surface area contributed by atoms with Crippen LogP contribution in [-0.2, 0) is 0 Å². The quantitative estimate of drug-likeness (QED) is 0.565. The monoisotopic (exact) mass is 129 g/mol. The first kappa shape index (κ1) is 7.03. The van der Waals surface area contributed by atoms with Gasteiger partial charge in [-0.15, -0.1) is 0 Å². The van der Waals surface area contributed by atoms with E-state index in [-0.39, 0.29) is 12.0 Å². The van der Waals surface area contributed by atoms with Gasteiger partial charge in [-0.1, -0.05) is 6.92 Å². The minimum atomic E-state index is 0.0972. The summed E-state index contributed by atoms with van der Waals surface area (Å²) in [6, 6.07) is 0. The maximum absolute atomic E-state index is 8.93. The molecule has 2 unspecified atom stereocenters. The van der Waals surface area contributed by atoms with Gasteiger partial charge in [0, 0.05) is 12.0 Å². The van der Waals surface area contributed by atoms with Gasteiger partial charge in [0.15, 0.2) is 0 Å². The Labute approximate surface area is 56.1 Å². The Morgan fingerprint density at radius 2 is 2.44 bits per heavy atom. The molecule has 0 aromatic rings. The Balaban J connectivity index is 2.48. The minimum Gasteiger partial charge on any atom is -0.396 e. The second-order valence-corrected chi connectivity index (χ2v) is 3.16. The summed E-state index contributed by atoms with van der Waals surface area (Å²) in [6.07, 6.45) is 2.35. The molecule has 0 spiro atoms. The lowest BCUT2D eigenvalue weighted by Crippen LogP contribution is -2.47. The zero-order valence-corrected chi connectivity index (χ0v) is 5.93. The Bertz CT molecular complexity index is 93.6. The standard InChI is InChI=1S/C7H15NO/c1-6-2-3-7(6,4-8)5-9/h6,9H,2-5,8H2,1H3. The Kier molecular flexibility index (Phi) is 1.78. The first-order valence-corrected chi connectivity index (χ1v) is 3.56. The summed E-state index contributed by atoms with van der Waals surface area (Å²) in [6.45, 7) is 3.07. The van der Waals surface area contributed by atoms with E-state index in [0.29, 0.717) is 12.5 Å². The molecule has 54 valence electrons. The molecule has 2 heteroatoms. The van der Waals surface area contributed by atoms with Crippen molar-refractivity contribution in [3.63, 3.8) is 0 Å². The molecule has 0 aromatic heterocycles. The molecule has 0 amide bonds. The molecule has 2 nitrogen and oxygen atoms in total. The largest absolute Gasteiger partial charge is 0.396 e. The first-order chi connectivity index (χ1) is 4.25. The number of aliphatic hydroxyl groups is 1. The average molecular weight is 129 g/mol. The van der Waals surface area contributed by atoms with E-state index < -0.39 is 0 Å². The van der Waals surface area contributed by atoms with Crippen LogP contribution in [0.5, 0.6) is 0 Å². The van der Waals surface area contributed by atoms with Crippen LogP contribution >= 0.6 is 0 Å². The molecule has 3 N–H and O–H groups in total. The van der Waals surface area contributed by atoms with Crippen molar-refractivity contribution in [1.82, 2.24) is 0 Å². The molecule has 0 saturated heterocycles. The molecular formula is C7H15NO. The molecule has 0 heterocycles. The molecular weight excluding hydrogens is 114 g/mol. The van der Waals surface area contributed by atoms with E-state index in [4.69, 9.17) is 10.8 Å². The summed E-state index contributed by atoms with van der Waals surface area (Å²) in [7, 11) is 0. The van der Waals surface area contributed by atoms with E-state index in [0.717, 1.165) is 6.42 Å². The van der Waals surface area contributed by atoms with E-state index in [1.165, 1.54) is 6.42 Å². The summed E-state index contributed by atoms with van der Waals surface area (Å²) in [5.41, 5.74) is 5.61. The molecule has 1 fully saturated rings.